The third kappa shape index (κ3) is 7.08. The Labute approximate surface area is 439 Å². The average molecular weight is 971 g/mol. The van der Waals surface area contributed by atoms with E-state index >= 15 is 0 Å². The van der Waals surface area contributed by atoms with Gasteiger partial charge in [-0.25, -0.2) is 0 Å². The standard InChI is InChI=1S/C72H46N2S/c1-3-19-47(20-4-1)48-35-37-50(38-36-48)73(52-39-41-59-61-29-13-16-32-69(61)74(49-21-5-2-6-22-49)70-33-17-14-30-62(70)65(59)44-52)51-40-42-60-64(43-51)57-27-11-9-25-55(57)53-23-7-8-24-54(53)56-26-10-12-28-58(56)66-45-68-63-31-15-18-34-71(63)75-72(68)46-67(60)66/h1-46H. The predicted octanol–water partition coefficient (Wildman–Crippen LogP) is 21.2. The van der Waals surface area contributed by atoms with Gasteiger partial charge in [0, 0.05) is 54.0 Å². The van der Waals surface area contributed by atoms with Crippen molar-refractivity contribution in [3.63, 3.8) is 0 Å². The molecule has 14 aromatic rings. The lowest BCUT2D eigenvalue weighted by molar-refractivity contribution is 1.29. The molecule has 0 bridgehead atoms. The van der Waals surface area contributed by atoms with Crippen LogP contribution in [0, 0.1) is 0 Å². The van der Waals surface area contributed by atoms with Crippen LogP contribution in [0.3, 0.4) is 0 Å². The highest BCUT2D eigenvalue weighted by molar-refractivity contribution is 7.25. The molecule has 15 rings (SSSR count). The molecule has 0 saturated carbocycles. The molecule has 0 aliphatic carbocycles. The third-order valence-corrected chi connectivity index (χ3v) is 16.5. The van der Waals surface area contributed by atoms with E-state index in [4.69, 9.17) is 0 Å². The van der Waals surface area contributed by atoms with Crippen LogP contribution in [-0.4, -0.2) is 0 Å². The van der Waals surface area contributed by atoms with Crippen molar-refractivity contribution in [1.29, 1.82) is 0 Å². The third-order valence-electron chi connectivity index (χ3n) is 15.4. The highest BCUT2D eigenvalue weighted by Crippen LogP contribution is 2.53. The first-order chi connectivity index (χ1) is 37.2. The quantitative estimate of drug-likeness (QED) is 0.170. The van der Waals surface area contributed by atoms with Gasteiger partial charge in [0.25, 0.3) is 0 Å². The van der Waals surface area contributed by atoms with E-state index < -0.39 is 0 Å². The first-order valence-electron chi connectivity index (χ1n) is 25.7. The Morgan fingerprint density at radius 3 is 1.32 bits per heavy atom. The second-order valence-corrected chi connectivity index (χ2v) is 20.6. The van der Waals surface area contributed by atoms with Crippen LogP contribution in [0.1, 0.15) is 0 Å². The molecule has 2 heterocycles. The minimum absolute atomic E-state index is 1.07. The van der Waals surface area contributed by atoms with Gasteiger partial charge < -0.3 is 9.80 Å². The highest BCUT2D eigenvalue weighted by Gasteiger charge is 2.27. The van der Waals surface area contributed by atoms with Gasteiger partial charge in [-0.3, -0.25) is 0 Å². The van der Waals surface area contributed by atoms with Crippen LogP contribution in [0.5, 0.6) is 0 Å². The molecular weight excluding hydrogens is 925 g/mol. The first-order valence-corrected chi connectivity index (χ1v) is 26.6. The summed E-state index contributed by atoms with van der Waals surface area (Å²) in [6, 6.07) is 103. The van der Waals surface area contributed by atoms with Crippen molar-refractivity contribution in [3.8, 4) is 33.4 Å². The van der Waals surface area contributed by atoms with Gasteiger partial charge in [0.1, 0.15) is 0 Å². The molecule has 0 spiro atoms. The van der Waals surface area contributed by atoms with Crippen LogP contribution in [-0.2, 0) is 0 Å². The van der Waals surface area contributed by atoms with E-state index in [1.165, 1.54) is 107 Å². The predicted molar refractivity (Wildman–Crippen MR) is 324 cm³/mol. The Morgan fingerprint density at radius 2 is 0.680 bits per heavy atom. The van der Waals surface area contributed by atoms with Gasteiger partial charge in [-0.15, -0.1) is 11.3 Å². The SMILES string of the molecule is c1ccc(-c2ccc(N(c3ccc4c(c3)-c3ccccc3N(c3ccccc3)c3ccccc3-4)c3ccc4c(c3)c3ccccc3c3ccccc3c3ccccc3c3cc5c(cc43)sc3ccccc35)cc2)cc1. The molecule has 13 aromatic carbocycles. The number of hydrogen-bond donors (Lipinski definition) is 0. The summed E-state index contributed by atoms with van der Waals surface area (Å²) < 4.78 is 2.58. The van der Waals surface area contributed by atoms with Crippen molar-refractivity contribution in [2.45, 2.75) is 0 Å². The van der Waals surface area contributed by atoms with Crippen molar-refractivity contribution in [2.24, 2.45) is 0 Å². The molecule has 3 heteroatoms. The topological polar surface area (TPSA) is 6.48 Å². The van der Waals surface area contributed by atoms with Gasteiger partial charge in [-0.1, -0.05) is 200 Å². The van der Waals surface area contributed by atoms with E-state index in [0.717, 1.165) is 34.1 Å². The molecule has 0 unspecified atom stereocenters. The number of rotatable bonds is 5. The molecule has 350 valence electrons. The monoisotopic (exact) mass is 970 g/mol. The smallest absolute Gasteiger partial charge is 0.0540 e. The van der Waals surface area contributed by atoms with E-state index in [1.807, 2.05) is 11.3 Å². The van der Waals surface area contributed by atoms with Gasteiger partial charge in [0.05, 0.1) is 11.4 Å². The summed E-state index contributed by atoms with van der Waals surface area (Å²) in [6.07, 6.45) is 0. The summed E-state index contributed by atoms with van der Waals surface area (Å²) in [6.45, 7) is 0. The molecule has 1 aliphatic heterocycles. The summed E-state index contributed by atoms with van der Waals surface area (Å²) in [7, 11) is 0. The van der Waals surface area contributed by atoms with E-state index in [2.05, 4.69) is 289 Å². The molecule has 0 N–H and O–H groups in total. The van der Waals surface area contributed by atoms with Gasteiger partial charge in [0.15, 0.2) is 0 Å². The maximum atomic E-state index is 2.47. The van der Waals surface area contributed by atoms with Crippen LogP contribution < -0.4 is 9.80 Å². The summed E-state index contributed by atoms with van der Waals surface area (Å²) in [5.41, 5.74) is 13.7. The number of anilines is 6. The van der Waals surface area contributed by atoms with Crippen molar-refractivity contribution < 1.29 is 0 Å². The van der Waals surface area contributed by atoms with Crippen LogP contribution >= 0.6 is 11.3 Å². The zero-order valence-corrected chi connectivity index (χ0v) is 41.7. The second kappa shape index (κ2) is 17.6. The number of nitrogens with zero attached hydrogens (tertiary/aromatic N) is 2. The molecule has 0 radical (unpaired) electrons. The molecule has 75 heavy (non-hydrogen) atoms. The van der Waals surface area contributed by atoms with Crippen molar-refractivity contribution >= 4 is 119 Å². The largest absolute Gasteiger partial charge is 0.310 e. The summed E-state index contributed by atoms with van der Waals surface area (Å²) in [5.74, 6) is 0. The highest BCUT2D eigenvalue weighted by atomic mass is 32.1. The van der Waals surface area contributed by atoms with E-state index in [0.29, 0.717) is 0 Å². The summed E-state index contributed by atoms with van der Waals surface area (Å²) >= 11 is 1.88. The lowest BCUT2D eigenvalue weighted by Gasteiger charge is -2.27. The van der Waals surface area contributed by atoms with Gasteiger partial charge >= 0.3 is 0 Å². The minimum Gasteiger partial charge on any atom is -0.310 e. The Balaban J connectivity index is 1.05. The van der Waals surface area contributed by atoms with Gasteiger partial charge in [-0.2, -0.15) is 0 Å². The number of benzene rings is 12. The van der Waals surface area contributed by atoms with Crippen molar-refractivity contribution in [3.05, 3.63) is 279 Å². The number of thiophene rings is 1. The number of fused-ring (bicyclic) bond motifs is 18. The molecule has 0 amide bonds. The Morgan fingerprint density at radius 1 is 0.240 bits per heavy atom. The Hall–Kier alpha value is -9.54. The lowest BCUT2D eigenvalue weighted by Crippen LogP contribution is -2.10. The molecular formula is C72H46N2S. The summed E-state index contributed by atoms with van der Waals surface area (Å²) in [5, 5.41) is 14.7. The van der Waals surface area contributed by atoms with E-state index in [1.54, 1.807) is 0 Å². The minimum atomic E-state index is 1.07. The zero-order chi connectivity index (χ0) is 49.4. The van der Waals surface area contributed by atoms with Crippen LogP contribution in [0.25, 0.3) is 107 Å². The van der Waals surface area contributed by atoms with Crippen molar-refractivity contribution in [1.82, 2.24) is 0 Å². The number of hydrogen-bond acceptors (Lipinski definition) is 3. The molecule has 2 nitrogen and oxygen atoms in total. The second-order valence-electron chi connectivity index (χ2n) is 19.5. The van der Waals surface area contributed by atoms with Gasteiger partial charge in [0.2, 0.25) is 0 Å². The molecule has 1 aliphatic rings. The average Bonchev–Trinajstić information content (AvgIpc) is 3.84. The fraction of sp³-hybridized carbons (Fsp3) is 0. The summed E-state index contributed by atoms with van der Waals surface area (Å²) in [4.78, 5) is 4.88. The Bertz CT molecular complexity index is 4650. The Kier molecular flexibility index (Phi) is 10.1. The van der Waals surface area contributed by atoms with Crippen LogP contribution in [0.2, 0.25) is 0 Å². The first kappa shape index (κ1) is 43.1. The van der Waals surface area contributed by atoms with Crippen LogP contribution in [0.15, 0.2) is 279 Å². The molecule has 1 aromatic heterocycles. The fourth-order valence-corrected chi connectivity index (χ4v) is 13.1. The van der Waals surface area contributed by atoms with Crippen molar-refractivity contribution in [2.75, 3.05) is 9.80 Å². The maximum absolute atomic E-state index is 2.47. The number of para-hydroxylation sites is 3. The molecule has 0 atom stereocenters. The lowest BCUT2D eigenvalue weighted by atomic mass is 9.93. The van der Waals surface area contributed by atoms with Gasteiger partial charge in [-0.05, 0) is 155 Å². The van der Waals surface area contributed by atoms with E-state index in [9.17, 15) is 0 Å². The molecule has 0 fully saturated rings. The van der Waals surface area contributed by atoms with E-state index in [-0.39, 0.29) is 0 Å². The molecule has 0 saturated heterocycles. The maximum Gasteiger partial charge on any atom is 0.0540 e. The van der Waals surface area contributed by atoms with Crippen LogP contribution in [0.4, 0.5) is 34.1 Å². The fourth-order valence-electron chi connectivity index (χ4n) is 12.0. The normalized spacial score (nSPS) is 12.0. The zero-order valence-electron chi connectivity index (χ0n) is 40.9.